The number of ether oxygens (including phenoxy) is 1. The lowest BCUT2D eigenvalue weighted by Gasteiger charge is -2.04. The minimum absolute atomic E-state index is 0.157. The molecule has 0 amide bonds. The molecule has 1 atom stereocenters. The lowest BCUT2D eigenvalue weighted by atomic mass is 10.4. The fraction of sp³-hybridized carbons (Fsp3) is 0.400. The maximum absolute atomic E-state index is 9.51. The van der Waals surface area contributed by atoms with Crippen molar-refractivity contribution < 1.29 is 14.4 Å². The summed E-state index contributed by atoms with van der Waals surface area (Å²) < 4.78 is 10.4. The Hall–Kier alpha value is -1.40. The highest BCUT2D eigenvalue weighted by molar-refractivity contribution is 7.13. The molecule has 0 radical (unpaired) electrons. The summed E-state index contributed by atoms with van der Waals surface area (Å²) in [6.07, 6.45) is -0.204. The first-order chi connectivity index (χ1) is 7.72. The third-order valence-corrected chi connectivity index (χ3v) is 2.95. The Bertz CT molecular complexity index is 466. The number of hydrogen-bond acceptors (Lipinski definition) is 6. The van der Waals surface area contributed by atoms with Gasteiger partial charge >= 0.3 is 0 Å². The van der Waals surface area contributed by atoms with E-state index in [2.05, 4.69) is 10.1 Å². The van der Waals surface area contributed by atoms with Gasteiger partial charge in [-0.15, -0.1) is 11.3 Å². The quantitative estimate of drug-likeness (QED) is 0.889. The molecule has 0 bridgehead atoms. The summed E-state index contributed by atoms with van der Waals surface area (Å²) in [7, 11) is 0. The summed E-state index contributed by atoms with van der Waals surface area (Å²) in [5.74, 6) is 0.975. The maximum atomic E-state index is 9.51. The number of thiophene rings is 1. The van der Waals surface area contributed by atoms with E-state index in [1.807, 2.05) is 13.8 Å². The monoisotopic (exact) mass is 240 g/mol. The fourth-order valence-corrected chi connectivity index (χ4v) is 1.98. The van der Waals surface area contributed by atoms with E-state index in [4.69, 9.17) is 9.26 Å². The highest BCUT2D eigenvalue weighted by Crippen LogP contribution is 2.33. The molecule has 1 unspecified atom stereocenters. The Labute approximate surface area is 96.7 Å². The molecule has 6 heteroatoms. The van der Waals surface area contributed by atoms with Crippen LogP contribution in [0.25, 0.3) is 10.8 Å². The van der Waals surface area contributed by atoms with Gasteiger partial charge in [-0.3, -0.25) is 0 Å². The van der Waals surface area contributed by atoms with Crippen molar-refractivity contribution in [3.63, 3.8) is 0 Å². The first-order valence-electron chi connectivity index (χ1n) is 4.94. The zero-order valence-electron chi connectivity index (χ0n) is 9.01. The third kappa shape index (κ3) is 2.07. The summed E-state index contributed by atoms with van der Waals surface area (Å²) >= 11 is 1.35. The predicted molar refractivity (Wildman–Crippen MR) is 59.3 cm³/mol. The van der Waals surface area contributed by atoms with Crippen molar-refractivity contribution in [2.75, 3.05) is 6.61 Å². The zero-order chi connectivity index (χ0) is 11.5. The van der Waals surface area contributed by atoms with Crippen molar-refractivity contribution in [3.05, 3.63) is 17.3 Å². The fourth-order valence-electron chi connectivity index (χ4n) is 1.28. The van der Waals surface area contributed by atoms with E-state index in [9.17, 15) is 5.11 Å². The standard InChI is InChI=1S/C10H12N2O3S/c1-3-14-6(2)9-11-10(15-12-9)8-7(13)4-5-16-8/h4-6,13H,3H2,1-2H3. The van der Waals surface area contributed by atoms with Crippen LogP contribution < -0.4 is 0 Å². The Morgan fingerprint density at radius 2 is 2.44 bits per heavy atom. The summed E-state index contributed by atoms with van der Waals surface area (Å²) in [5, 5.41) is 15.1. The molecule has 2 heterocycles. The molecule has 2 aromatic rings. The highest BCUT2D eigenvalue weighted by Gasteiger charge is 2.17. The van der Waals surface area contributed by atoms with Crippen LogP contribution in [0.4, 0.5) is 0 Å². The van der Waals surface area contributed by atoms with Crippen molar-refractivity contribution in [2.45, 2.75) is 20.0 Å². The first-order valence-corrected chi connectivity index (χ1v) is 5.82. The van der Waals surface area contributed by atoms with Gasteiger partial charge in [0.05, 0.1) is 0 Å². The predicted octanol–water partition coefficient (Wildman–Crippen LogP) is 2.60. The average Bonchev–Trinajstić information content (AvgIpc) is 2.86. The van der Waals surface area contributed by atoms with Crippen LogP contribution in [0.2, 0.25) is 0 Å². The first kappa shape index (κ1) is 11.1. The van der Waals surface area contributed by atoms with Gasteiger partial charge < -0.3 is 14.4 Å². The molecule has 2 aromatic heterocycles. The maximum Gasteiger partial charge on any atom is 0.271 e. The van der Waals surface area contributed by atoms with Crippen LogP contribution in [0.5, 0.6) is 5.75 Å². The van der Waals surface area contributed by atoms with E-state index in [-0.39, 0.29) is 11.9 Å². The number of nitrogens with zero attached hydrogens (tertiary/aromatic N) is 2. The number of hydrogen-bond donors (Lipinski definition) is 1. The normalized spacial score (nSPS) is 12.9. The molecular formula is C10H12N2O3S. The molecule has 0 saturated heterocycles. The van der Waals surface area contributed by atoms with E-state index in [1.54, 1.807) is 11.4 Å². The molecule has 0 aliphatic rings. The minimum atomic E-state index is -0.204. The van der Waals surface area contributed by atoms with Crippen LogP contribution >= 0.6 is 11.3 Å². The molecule has 0 aromatic carbocycles. The van der Waals surface area contributed by atoms with Crippen molar-refractivity contribution in [3.8, 4) is 16.5 Å². The molecule has 86 valence electrons. The summed E-state index contributed by atoms with van der Waals surface area (Å²) in [5.41, 5.74) is 0. The van der Waals surface area contributed by atoms with E-state index >= 15 is 0 Å². The van der Waals surface area contributed by atoms with E-state index in [0.29, 0.717) is 23.2 Å². The molecule has 0 fully saturated rings. The second kappa shape index (κ2) is 4.63. The van der Waals surface area contributed by atoms with Crippen molar-refractivity contribution in [2.24, 2.45) is 0 Å². The summed E-state index contributed by atoms with van der Waals surface area (Å²) in [6, 6.07) is 1.59. The van der Waals surface area contributed by atoms with Crippen molar-refractivity contribution in [1.29, 1.82) is 0 Å². The van der Waals surface area contributed by atoms with Gasteiger partial charge in [0.1, 0.15) is 16.7 Å². The van der Waals surface area contributed by atoms with Gasteiger partial charge in [0.15, 0.2) is 0 Å². The number of rotatable bonds is 4. The lowest BCUT2D eigenvalue weighted by molar-refractivity contribution is 0.0683. The Balaban J connectivity index is 2.23. The topological polar surface area (TPSA) is 68.4 Å². The molecule has 16 heavy (non-hydrogen) atoms. The molecule has 2 rings (SSSR count). The summed E-state index contributed by atoms with van der Waals surface area (Å²) in [4.78, 5) is 4.77. The zero-order valence-corrected chi connectivity index (χ0v) is 9.82. The SMILES string of the molecule is CCOC(C)c1noc(-c2sccc2O)n1. The number of aromatic hydroxyl groups is 1. The Morgan fingerprint density at radius 3 is 3.06 bits per heavy atom. The summed E-state index contributed by atoms with van der Waals surface area (Å²) in [6.45, 7) is 4.35. The highest BCUT2D eigenvalue weighted by atomic mass is 32.1. The number of aromatic nitrogens is 2. The van der Waals surface area contributed by atoms with Crippen LogP contribution in [-0.2, 0) is 4.74 Å². The van der Waals surface area contributed by atoms with E-state index in [0.717, 1.165) is 0 Å². The van der Waals surface area contributed by atoms with Crippen LogP contribution in [0.1, 0.15) is 25.8 Å². The molecule has 0 saturated carbocycles. The van der Waals surface area contributed by atoms with Crippen LogP contribution in [0.15, 0.2) is 16.0 Å². The van der Waals surface area contributed by atoms with E-state index in [1.165, 1.54) is 11.3 Å². The van der Waals surface area contributed by atoms with Crippen LogP contribution in [0.3, 0.4) is 0 Å². The van der Waals surface area contributed by atoms with Gasteiger partial charge in [-0.05, 0) is 25.3 Å². The van der Waals surface area contributed by atoms with Crippen molar-refractivity contribution in [1.82, 2.24) is 10.1 Å². The van der Waals surface area contributed by atoms with Gasteiger partial charge in [0.2, 0.25) is 5.82 Å². The second-order valence-electron chi connectivity index (χ2n) is 3.19. The van der Waals surface area contributed by atoms with Crippen molar-refractivity contribution >= 4 is 11.3 Å². The smallest absolute Gasteiger partial charge is 0.271 e. The largest absolute Gasteiger partial charge is 0.506 e. The van der Waals surface area contributed by atoms with Gasteiger partial charge in [-0.1, -0.05) is 5.16 Å². The lowest BCUT2D eigenvalue weighted by Crippen LogP contribution is -2.01. The minimum Gasteiger partial charge on any atom is -0.506 e. The second-order valence-corrected chi connectivity index (χ2v) is 4.11. The third-order valence-electron chi connectivity index (χ3n) is 2.06. The Kier molecular flexibility index (Phi) is 3.21. The van der Waals surface area contributed by atoms with Crippen LogP contribution in [0, 0.1) is 0 Å². The van der Waals surface area contributed by atoms with Gasteiger partial charge in [0, 0.05) is 6.61 Å². The Morgan fingerprint density at radius 1 is 1.62 bits per heavy atom. The molecule has 5 nitrogen and oxygen atoms in total. The molecule has 0 aliphatic heterocycles. The van der Waals surface area contributed by atoms with Gasteiger partial charge in [0.25, 0.3) is 5.89 Å². The molecule has 0 aliphatic carbocycles. The van der Waals surface area contributed by atoms with E-state index < -0.39 is 0 Å². The molecule has 0 spiro atoms. The molecule has 1 N–H and O–H groups in total. The van der Waals surface area contributed by atoms with Gasteiger partial charge in [-0.2, -0.15) is 4.98 Å². The van der Waals surface area contributed by atoms with Crippen LogP contribution in [-0.4, -0.2) is 21.9 Å². The molecular weight excluding hydrogens is 228 g/mol. The average molecular weight is 240 g/mol. The van der Waals surface area contributed by atoms with Gasteiger partial charge in [-0.25, -0.2) is 0 Å².